The first-order valence-electron chi connectivity index (χ1n) is 13.3. The minimum absolute atomic E-state index is 0.0211. The van der Waals surface area contributed by atoms with Crippen LogP contribution in [-0.4, -0.2) is 59.3 Å². The van der Waals surface area contributed by atoms with Crippen LogP contribution >= 0.6 is 0 Å². The molecule has 0 aliphatic carbocycles. The number of carbonyl (C=O) groups is 3. The van der Waals surface area contributed by atoms with E-state index in [9.17, 15) is 19.5 Å². The second-order valence-electron chi connectivity index (χ2n) is 10.0. The van der Waals surface area contributed by atoms with Crippen LogP contribution in [0.1, 0.15) is 104 Å². The second-order valence-corrected chi connectivity index (χ2v) is 10.0. The smallest absolute Gasteiger partial charge is 0.328 e. The van der Waals surface area contributed by atoms with Gasteiger partial charge in [-0.25, -0.2) is 4.79 Å². The zero-order valence-corrected chi connectivity index (χ0v) is 21.4. The summed E-state index contributed by atoms with van der Waals surface area (Å²) in [5, 5.41) is 10.9. The van der Waals surface area contributed by atoms with Crippen LogP contribution in [0.25, 0.3) is 0 Å². The molecule has 2 rings (SSSR count). The molecule has 0 bridgehead atoms. The number of aliphatic hydroxyl groups is 1. The van der Waals surface area contributed by atoms with Crippen molar-refractivity contribution in [1.82, 2.24) is 4.90 Å². The van der Waals surface area contributed by atoms with Crippen LogP contribution in [0.15, 0.2) is 12.2 Å². The molecule has 0 aromatic rings. The first-order valence-corrected chi connectivity index (χ1v) is 13.3. The number of cyclic esters (lactones) is 1. The largest absolute Gasteiger partial charge is 0.467 e. The lowest BCUT2D eigenvalue weighted by Gasteiger charge is -2.29. The fraction of sp³-hybridized carbons (Fsp3) is 0.815. The number of aliphatic hydroxyl groups excluding tert-OH is 1. The summed E-state index contributed by atoms with van der Waals surface area (Å²) in [6.45, 7) is 3.98. The molecular weight excluding hydrogens is 434 g/mol. The van der Waals surface area contributed by atoms with E-state index in [0.29, 0.717) is 12.8 Å². The summed E-state index contributed by atoms with van der Waals surface area (Å²) in [4.78, 5) is 38.1. The Kier molecular flexibility index (Phi) is 12.1. The van der Waals surface area contributed by atoms with Gasteiger partial charge in [0.2, 0.25) is 5.91 Å². The number of esters is 2. The van der Waals surface area contributed by atoms with Crippen molar-refractivity contribution in [2.45, 2.75) is 121 Å². The summed E-state index contributed by atoms with van der Waals surface area (Å²) in [5.74, 6) is -2.06. The van der Waals surface area contributed by atoms with Gasteiger partial charge in [0.25, 0.3) is 0 Å². The van der Waals surface area contributed by atoms with Crippen LogP contribution in [-0.2, 0) is 23.9 Å². The molecule has 2 saturated heterocycles. The third-order valence-corrected chi connectivity index (χ3v) is 7.27. The highest BCUT2D eigenvalue weighted by atomic mass is 16.6. The van der Waals surface area contributed by atoms with Gasteiger partial charge in [-0.2, -0.15) is 0 Å². The van der Waals surface area contributed by atoms with Crippen molar-refractivity contribution in [1.29, 1.82) is 0 Å². The zero-order valence-electron chi connectivity index (χ0n) is 21.4. The topological polar surface area (TPSA) is 93.1 Å². The summed E-state index contributed by atoms with van der Waals surface area (Å²) < 4.78 is 10.4. The number of hydrogen-bond acceptors (Lipinski definition) is 6. The van der Waals surface area contributed by atoms with E-state index >= 15 is 0 Å². The average Bonchev–Trinajstić information content (AvgIpc) is 3.28. The van der Waals surface area contributed by atoms with Crippen molar-refractivity contribution >= 4 is 17.8 Å². The molecule has 0 spiro atoms. The monoisotopic (exact) mass is 479 g/mol. The molecule has 0 aromatic heterocycles. The first-order chi connectivity index (χ1) is 16.3. The molecule has 0 saturated carbocycles. The molecule has 7 nitrogen and oxygen atoms in total. The summed E-state index contributed by atoms with van der Waals surface area (Å²) in [6.07, 6.45) is 17.9. The predicted molar refractivity (Wildman–Crippen MR) is 131 cm³/mol. The third kappa shape index (κ3) is 8.10. The Bertz CT molecular complexity index is 693. The molecule has 1 unspecified atom stereocenters. The van der Waals surface area contributed by atoms with E-state index in [1.165, 1.54) is 63.4 Å². The van der Waals surface area contributed by atoms with Gasteiger partial charge in [-0.3, -0.25) is 9.59 Å². The Morgan fingerprint density at radius 3 is 2.35 bits per heavy atom. The molecule has 1 amide bonds. The van der Waals surface area contributed by atoms with Crippen LogP contribution in [0.2, 0.25) is 0 Å². The van der Waals surface area contributed by atoms with Gasteiger partial charge in [-0.1, -0.05) is 64.0 Å². The van der Waals surface area contributed by atoms with Gasteiger partial charge in [0.05, 0.1) is 7.11 Å². The van der Waals surface area contributed by atoms with Crippen molar-refractivity contribution in [3.05, 3.63) is 12.2 Å². The summed E-state index contributed by atoms with van der Waals surface area (Å²) in [6, 6.07) is -0.699. The molecule has 2 fully saturated rings. The van der Waals surface area contributed by atoms with Gasteiger partial charge in [-0.05, 0) is 45.4 Å². The van der Waals surface area contributed by atoms with Gasteiger partial charge < -0.3 is 19.5 Å². The lowest BCUT2D eigenvalue weighted by molar-refractivity contribution is -0.153. The standard InChI is InChI=1S/C27H45NO6/c1-4-5-6-7-8-9-10-11-12-13-14-15-16-19-27(2)24(30)21(25(31)34-27)20-28-22(26(32)33-3)17-18-23(28)29/h13-14,21-22,24,30H,4-12,15-20H2,1-3H3/b14-13+/t21-,22?,24-,27+/m0/s1. The molecule has 0 aromatic carbocycles. The van der Waals surface area contributed by atoms with Crippen LogP contribution in [0, 0.1) is 5.92 Å². The molecule has 4 atom stereocenters. The van der Waals surface area contributed by atoms with Crippen LogP contribution in [0.3, 0.4) is 0 Å². The average molecular weight is 480 g/mol. The molecule has 34 heavy (non-hydrogen) atoms. The van der Waals surface area contributed by atoms with E-state index in [2.05, 4.69) is 19.1 Å². The number of nitrogens with zero attached hydrogens (tertiary/aromatic N) is 1. The van der Waals surface area contributed by atoms with Gasteiger partial charge >= 0.3 is 11.9 Å². The first kappa shape index (κ1) is 28.3. The highest BCUT2D eigenvalue weighted by Gasteiger charge is 2.53. The zero-order chi connectivity index (χ0) is 25.0. The number of unbranched alkanes of at least 4 members (excludes halogenated alkanes) is 9. The van der Waals surface area contributed by atoms with Gasteiger partial charge in [0.1, 0.15) is 23.7 Å². The molecule has 1 N–H and O–H groups in total. The van der Waals surface area contributed by atoms with E-state index in [-0.39, 0.29) is 18.9 Å². The lowest BCUT2D eigenvalue weighted by atomic mass is 9.87. The number of ether oxygens (including phenoxy) is 2. The van der Waals surface area contributed by atoms with Crippen LogP contribution < -0.4 is 0 Å². The maximum atomic E-state index is 12.5. The number of rotatable bonds is 16. The Labute approximate surface area is 205 Å². The van der Waals surface area contributed by atoms with E-state index in [4.69, 9.17) is 9.47 Å². The van der Waals surface area contributed by atoms with Gasteiger partial charge in [0, 0.05) is 13.0 Å². The Hall–Kier alpha value is -1.89. The molecule has 0 radical (unpaired) electrons. The van der Waals surface area contributed by atoms with E-state index in [0.717, 1.165) is 19.3 Å². The minimum atomic E-state index is -1.02. The number of allylic oxidation sites excluding steroid dienone is 2. The Morgan fingerprint density at radius 2 is 1.71 bits per heavy atom. The third-order valence-electron chi connectivity index (χ3n) is 7.27. The van der Waals surface area contributed by atoms with Crippen molar-refractivity contribution in [3.63, 3.8) is 0 Å². The normalized spacial score (nSPS) is 27.1. The quantitative estimate of drug-likeness (QED) is 0.196. The maximum absolute atomic E-state index is 12.5. The van der Waals surface area contributed by atoms with Crippen molar-refractivity contribution < 1.29 is 29.0 Å². The number of methoxy groups -OCH3 is 1. The Morgan fingerprint density at radius 1 is 1.09 bits per heavy atom. The SMILES string of the molecule is CCCCCCCCCC/C=C/CCC[C@@]1(C)OC(=O)[C@@H](CN2C(=O)CCC2C(=O)OC)[C@@H]1O. The fourth-order valence-electron chi connectivity index (χ4n) is 5.05. The van der Waals surface area contributed by atoms with E-state index < -0.39 is 35.6 Å². The molecule has 194 valence electrons. The Balaban J connectivity index is 1.68. The van der Waals surface area contributed by atoms with Crippen molar-refractivity contribution in [2.75, 3.05) is 13.7 Å². The summed E-state index contributed by atoms with van der Waals surface area (Å²) >= 11 is 0. The summed E-state index contributed by atoms with van der Waals surface area (Å²) in [5.41, 5.74) is -0.975. The second kappa shape index (κ2) is 14.5. The minimum Gasteiger partial charge on any atom is -0.467 e. The molecule has 2 aliphatic heterocycles. The van der Waals surface area contributed by atoms with E-state index in [1.807, 2.05) is 0 Å². The van der Waals surface area contributed by atoms with Crippen LogP contribution in [0.4, 0.5) is 0 Å². The number of amides is 1. The maximum Gasteiger partial charge on any atom is 0.328 e. The van der Waals surface area contributed by atoms with Gasteiger partial charge in [-0.15, -0.1) is 0 Å². The predicted octanol–water partition coefficient (Wildman–Crippen LogP) is 4.70. The molecular formula is C27H45NO6. The highest BCUT2D eigenvalue weighted by Crippen LogP contribution is 2.37. The van der Waals surface area contributed by atoms with Crippen LogP contribution in [0.5, 0.6) is 0 Å². The highest BCUT2D eigenvalue weighted by molar-refractivity contribution is 5.88. The number of likely N-dealkylation sites (tertiary alicyclic amines) is 1. The molecule has 7 heteroatoms. The van der Waals surface area contributed by atoms with Gasteiger partial charge in [0.15, 0.2) is 0 Å². The molecule has 2 aliphatic rings. The molecule has 2 heterocycles. The number of carbonyl (C=O) groups excluding carboxylic acids is 3. The summed E-state index contributed by atoms with van der Waals surface area (Å²) in [7, 11) is 1.28. The van der Waals surface area contributed by atoms with E-state index in [1.54, 1.807) is 6.92 Å². The van der Waals surface area contributed by atoms with Crippen molar-refractivity contribution in [2.24, 2.45) is 5.92 Å². The van der Waals surface area contributed by atoms with Crippen molar-refractivity contribution in [3.8, 4) is 0 Å². The fourth-order valence-corrected chi connectivity index (χ4v) is 5.05. The number of hydrogen-bond donors (Lipinski definition) is 1. The lowest BCUT2D eigenvalue weighted by Crippen LogP contribution is -2.47.